The number of para-hydroxylation sites is 1. The van der Waals surface area contributed by atoms with Gasteiger partial charge in [0.25, 0.3) is 0 Å². The van der Waals surface area contributed by atoms with Crippen LogP contribution in [0.4, 0.5) is 0 Å². The predicted octanol–water partition coefficient (Wildman–Crippen LogP) is 5.59. The Kier molecular flexibility index (Phi) is 4.31. The van der Waals surface area contributed by atoms with E-state index in [1.807, 2.05) is 60.7 Å². The minimum absolute atomic E-state index is 0.227. The molecular formula is C21H13ClN2S. The molecule has 0 atom stereocenters. The van der Waals surface area contributed by atoms with Crippen LogP contribution in [0.25, 0.3) is 27.7 Å². The second-order valence-electron chi connectivity index (χ2n) is 5.57. The second-order valence-corrected chi connectivity index (χ2v) is 6.39. The molecule has 0 radical (unpaired) electrons. The van der Waals surface area contributed by atoms with Gasteiger partial charge in [0.2, 0.25) is 5.28 Å². The molecule has 0 amide bonds. The molecule has 4 heteroatoms. The molecule has 4 rings (SSSR count). The largest absolute Gasteiger partial charge is 0.223 e. The van der Waals surface area contributed by atoms with Crippen LogP contribution in [0, 0.1) is 11.8 Å². The Labute approximate surface area is 156 Å². The molecule has 0 unspecified atom stereocenters. The van der Waals surface area contributed by atoms with E-state index in [1.54, 1.807) is 0 Å². The molecule has 2 nitrogen and oxygen atoms in total. The van der Waals surface area contributed by atoms with Crippen LogP contribution in [0.2, 0.25) is 5.28 Å². The van der Waals surface area contributed by atoms with Crippen molar-refractivity contribution in [2.45, 2.75) is 11.3 Å². The first-order valence-electron chi connectivity index (χ1n) is 7.85. The fourth-order valence-electron chi connectivity index (χ4n) is 2.90. The van der Waals surface area contributed by atoms with Gasteiger partial charge < -0.3 is 0 Å². The third-order valence-electron chi connectivity index (χ3n) is 3.98. The van der Waals surface area contributed by atoms with Crippen molar-refractivity contribution in [3.63, 3.8) is 0 Å². The Morgan fingerprint density at radius 3 is 2.84 bits per heavy atom. The van der Waals surface area contributed by atoms with E-state index >= 15 is 0 Å². The molecule has 1 aromatic heterocycles. The standard InChI is InChI=1S/C21H13ClN2S/c22-21-23-17-12-6-5-10-15(17)20(24-21)16-11-7-13-18(25)19(16)14-8-3-1-2-4-9-14/h1,3,5-8,10-13,25H,2H2. The van der Waals surface area contributed by atoms with Gasteiger partial charge in [-0.2, -0.15) is 0 Å². The highest BCUT2D eigenvalue weighted by molar-refractivity contribution is 7.80. The van der Waals surface area contributed by atoms with Crippen molar-refractivity contribution in [1.82, 2.24) is 9.97 Å². The van der Waals surface area contributed by atoms with Gasteiger partial charge in [-0.1, -0.05) is 54.3 Å². The van der Waals surface area contributed by atoms with E-state index in [-0.39, 0.29) is 5.28 Å². The molecule has 25 heavy (non-hydrogen) atoms. The van der Waals surface area contributed by atoms with Crippen molar-refractivity contribution in [2.75, 3.05) is 0 Å². The summed E-state index contributed by atoms with van der Waals surface area (Å²) in [5.41, 5.74) is 4.44. The summed E-state index contributed by atoms with van der Waals surface area (Å²) in [6, 6.07) is 13.8. The van der Waals surface area contributed by atoms with Gasteiger partial charge in [0.05, 0.1) is 11.2 Å². The lowest BCUT2D eigenvalue weighted by Crippen LogP contribution is -1.96. The van der Waals surface area contributed by atoms with Crippen LogP contribution in [0.15, 0.2) is 65.6 Å². The van der Waals surface area contributed by atoms with Gasteiger partial charge in [-0.05, 0) is 29.8 Å². The summed E-state index contributed by atoms with van der Waals surface area (Å²) < 4.78 is 0. The summed E-state index contributed by atoms with van der Waals surface area (Å²) in [7, 11) is 0. The molecule has 0 aliphatic heterocycles. The van der Waals surface area contributed by atoms with Gasteiger partial charge in [0.15, 0.2) is 0 Å². The fourth-order valence-corrected chi connectivity index (χ4v) is 3.40. The monoisotopic (exact) mass is 360 g/mol. The van der Waals surface area contributed by atoms with Crippen LogP contribution >= 0.6 is 24.2 Å². The number of halogens is 1. The lowest BCUT2D eigenvalue weighted by atomic mass is 9.95. The molecule has 0 fully saturated rings. The molecule has 3 aromatic rings. The molecule has 0 N–H and O–H groups in total. The minimum atomic E-state index is 0.227. The summed E-state index contributed by atoms with van der Waals surface area (Å²) in [4.78, 5) is 9.70. The van der Waals surface area contributed by atoms with Crippen LogP contribution in [0.3, 0.4) is 0 Å². The van der Waals surface area contributed by atoms with Crippen molar-refractivity contribution >= 4 is 40.7 Å². The molecule has 0 saturated carbocycles. The lowest BCUT2D eigenvalue weighted by molar-refractivity contribution is 1.22. The molecule has 1 aliphatic carbocycles. The Morgan fingerprint density at radius 1 is 1.04 bits per heavy atom. The first-order valence-corrected chi connectivity index (χ1v) is 8.67. The summed E-state index contributed by atoms with van der Waals surface area (Å²) in [5.74, 6) is 6.39. The Balaban J connectivity index is 2.05. The molecule has 0 spiro atoms. The normalized spacial score (nSPS) is 13.1. The second kappa shape index (κ2) is 6.76. The highest BCUT2D eigenvalue weighted by Crippen LogP contribution is 2.36. The maximum Gasteiger partial charge on any atom is 0.223 e. The SMILES string of the molecule is Sc1cccc(-c2nc(Cl)nc3ccccc23)c1C1=CC=CCC#C1. The molecule has 0 saturated heterocycles. The summed E-state index contributed by atoms with van der Waals surface area (Å²) >= 11 is 10.9. The maximum atomic E-state index is 6.18. The van der Waals surface area contributed by atoms with Gasteiger partial charge in [0.1, 0.15) is 0 Å². The van der Waals surface area contributed by atoms with E-state index in [0.717, 1.165) is 44.6 Å². The van der Waals surface area contributed by atoms with Crippen LogP contribution < -0.4 is 0 Å². The Morgan fingerprint density at radius 2 is 1.92 bits per heavy atom. The Bertz CT molecular complexity index is 1100. The maximum absolute atomic E-state index is 6.18. The number of hydrogen-bond donors (Lipinski definition) is 1. The average molecular weight is 361 g/mol. The number of nitrogens with zero attached hydrogens (tertiary/aromatic N) is 2. The number of aromatic nitrogens is 2. The highest BCUT2D eigenvalue weighted by Gasteiger charge is 2.16. The number of hydrogen-bond acceptors (Lipinski definition) is 3. The van der Waals surface area contributed by atoms with Gasteiger partial charge in [-0.3, -0.25) is 0 Å². The molecule has 1 heterocycles. The van der Waals surface area contributed by atoms with Crippen molar-refractivity contribution in [1.29, 1.82) is 0 Å². The summed E-state index contributed by atoms with van der Waals surface area (Å²) in [6.45, 7) is 0. The lowest BCUT2D eigenvalue weighted by Gasteiger charge is -2.13. The number of thiol groups is 1. The van der Waals surface area contributed by atoms with E-state index in [4.69, 9.17) is 11.6 Å². The zero-order chi connectivity index (χ0) is 17.2. The number of allylic oxidation sites excluding steroid dienone is 4. The van der Waals surface area contributed by atoms with Crippen molar-refractivity contribution < 1.29 is 0 Å². The molecule has 1 aliphatic rings. The Hall–Kier alpha value is -2.54. The third-order valence-corrected chi connectivity index (χ3v) is 4.53. The zero-order valence-electron chi connectivity index (χ0n) is 13.2. The van der Waals surface area contributed by atoms with Crippen LogP contribution in [-0.2, 0) is 0 Å². The smallest absolute Gasteiger partial charge is 0.218 e. The molecular weight excluding hydrogens is 348 g/mol. The number of rotatable bonds is 2. The van der Waals surface area contributed by atoms with Crippen LogP contribution in [0.1, 0.15) is 12.0 Å². The van der Waals surface area contributed by atoms with E-state index in [2.05, 4.69) is 34.4 Å². The first-order chi connectivity index (χ1) is 12.2. The topological polar surface area (TPSA) is 25.8 Å². The van der Waals surface area contributed by atoms with E-state index in [0.29, 0.717) is 0 Å². The fraction of sp³-hybridized carbons (Fsp3) is 0.0476. The van der Waals surface area contributed by atoms with Crippen LogP contribution in [0.5, 0.6) is 0 Å². The van der Waals surface area contributed by atoms with Crippen LogP contribution in [-0.4, -0.2) is 9.97 Å². The molecule has 0 bridgehead atoms. The average Bonchev–Trinajstić information content (AvgIpc) is 2.90. The zero-order valence-corrected chi connectivity index (χ0v) is 14.9. The van der Waals surface area contributed by atoms with E-state index < -0.39 is 0 Å². The van der Waals surface area contributed by atoms with E-state index in [1.165, 1.54) is 0 Å². The summed E-state index contributed by atoms with van der Waals surface area (Å²) in [5, 5.41) is 1.18. The first kappa shape index (κ1) is 16.0. The highest BCUT2D eigenvalue weighted by atomic mass is 35.5. The third kappa shape index (κ3) is 3.07. The number of fused-ring (bicyclic) bond motifs is 1. The quantitative estimate of drug-likeness (QED) is 0.366. The molecule has 120 valence electrons. The predicted molar refractivity (Wildman–Crippen MR) is 107 cm³/mol. The van der Waals surface area contributed by atoms with E-state index in [9.17, 15) is 0 Å². The van der Waals surface area contributed by atoms with Gasteiger partial charge >= 0.3 is 0 Å². The minimum Gasteiger partial charge on any atom is -0.218 e. The number of benzene rings is 2. The van der Waals surface area contributed by atoms with Crippen molar-refractivity contribution in [3.8, 4) is 23.1 Å². The van der Waals surface area contributed by atoms with Gasteiger partial charge in [-0.15, -0.1) is 12.6 Å². The van der Waals surface area contributed by atoms with Crippen molar-refractivity contribution in [2.24, 2.45) is 0 Å². The van der Waals surface area contributed by atoms with Gasteiger partial charge in [0, 0.05) is 33.4 Å². The molecule has 2 aromatic carbocycles. The van der Waals surface area contributed by atoms with Gasteiger partial charge in [-0.25, -0.2) is 9.97 Å². The van der Waals surface area contributed by atoms with Crippen molar-refractivity contribution in [3.05, 3.63) is 71.5 Å². The summed E-state index contributed by atoms with van der Waals surface area (Å²) in [6.07, 6.45) is 6.81.